The van der Waals surface area contributed by atoms with Gasteiger partial charge in [-0.05, 0) is 126 Å². The SMILES string of the molecule is CO[C@@H]1/C=C/C=C(\C)Cc2cc(C)c(Cl)c(c2)N(C)C(=O)C[C@H](OC(=O)[C@H](C)N(C)C(=O)c2ccc(CC(=O)[C@H](CCCNC(N)=O)NC(=O)[C@@H](CC(=O)CCCCC(C)OC(=O)C(CBr)CBr)C(C)C)c(C)c2)[C@]2(C)O[C@H]2[C@H](C)[C@@H]2C[C@@]1(O)CC(=O)O2. The molecule has 2 fully saturated rings. The molecular formula is C65H90Br2ClN5O15. The van der Waals surface area contributed by atoms with Crippen LogP contribution in [0.5, 0.6) is 0 Å². The fourth-order valence-corrected chi connectivity index (χ4v) is 13.2. The summed E-state index contributed by atoms with van der Waals surface area (Å²) in [5.41, 5.74) is 6.66. The van der Waals surface area contributed by atoms with Crippen molar-refractivity contribution in [2.24, 2.45) is 29.4 Å². The Balaban J connectivity index is 1.31. The summed E-state index contributed by atoms with van der Waals surface area (Å²) >= 11 is 13.5. The Morgan fingerprint density at radius 2 is 1.66 bits per heavy atom. The monoisotopic (exact) mass is 1370 g/mol. The number of primary amides is 1. The number of allylic oxidation sites excluding steroid dienone is 3. The fraction of sp³-hybridized carbons (Fsp3) is 0.615. The zero-order chi connectivity index (χ0) is 65.5. The molecule has 88 heavy (non-hydrogen) atoms. The van der Waals surface area contributed by atoms with Crippen LogP contribution in [0.3, 0.4) is 0 Å². The van der Waals surface area contributed by atoms with E-state index in [1.165, 1.54) is 36.9 Å². The number of unbranched alkanes of at least 4 members (excludes halogenated alkanes) is 1. The molecule has 2 aromatic carbocycles. The van der Waals surface area contributed by atoms with Crippen LogP contribution in [0.1, 0.15) is 145 Å². The van der Waals surface area contributed by atoms with E-state index in [1.54, 1.807) is 52.1 Å². The van der Waals surface area contributed by atoms with Crippen LogP contribution in [-0.2, 0) is 70.1 Å². The van der Waals surface area contributed by atoms with Gasteiger partial charge in [0.25, 0.3) is 5.91 Å². The van der Waals surface area contributed by atoms with Crippen LogP contribution in [-0.4, -0.2) is 155 Å². The van der Waals surface area contributed by atoms with Crippen LogP contribution in [0.4, 0.5) is 10.5 Å². The summed E-state index contributed by atoms with van der Waals surface area (Å²) in [5, 5.41) is 18.8. The molecule has 2 aromatic rings. The quantitative estimate of drug-likeness (QED) is 0.0225. The van der Waals surface area contributed by atoms with Crippen LogP contribution in [0.25, 0.3) is 0 Å². The number of hydrogen-bond donors (Lipinski definition) is 4. The Hall–Kier alpha value is -5.52. The molecule has 2 saturated heterocycles. The lowest BCUT2D eigenvalue weighted by molar-refractivity contribution is -0.187. The van der Waals surface area contributed by atoms with E-state index in [2.05, 4.69) is 42.5 Å². The van der Waals surface area contributed by atoms with Crippen LogP contribution >= 0.6 is 43.5 Å². The summed E-state index contributed by atoms with van der Waals surface area (Å²) in [6.07, 6.45) is 3.39. The molecule has 5 amide bonds. The number of aliphatic hydroxyl groups is 1. The van der Waals surface area contributed by atoms with E-state index in [4.69, 9.17) is 41.0 Å². The molecule has 5 N–H and O–H groups in total. The molecule has 0 aliphatic carbocycles. The van der Waals surface area contributed by atoms with Crippen molar-refractivity contribution in [3.05, 3.63) is 87.0 Å². The zero-order valence-corrected chi connectivity index (χ0v) is 56.8. The normalized spacial score (nSPS) is 24.5. The molecule has 0 spiro atoms. The fourth-order valence-electron chi connectivity index (χ4n) is 11.4. The standard InChI is InChI=1S/C65H90Br2ClN5O15/c1-36(2)48(30-47(74)19-14-13-18-40(6)85-62(81)46(34-66)35-67)59(78)71-49(20-16-24-70-63(69)82)51(75)29-44-22-23-45(27-38(44)4)60(79)72(10)42(8)61(80)87-54-31-55(76)73(11)50-28-43(26-39(5)57(50)68)25-37(3)17-15-21-53(84-12)65(83)32-52(86-56(77)33-65)41(7)58-64(54,9)88-58/h15,17,21-23,26-28,36,40-42,46,48-49,52-54,58,83H,13-14,16,18-20,24-25,29-35H2,1-12H3,(H,71,78)(H3,69,70,82)/b21-15+,37-17+/t40?,41-,42+,48+,49+,52+,53-,54+,58+,64+,65-/m1/s1. The number of rotatable bonds is 26. The molecule has 23 heteroatoms. The summed E-state index contributed by atoms with van der Waals surface area (Å²) < 4.78 is 29.8. The second-order valence-corrected chi connectivity index (χ2v) is 26.3. The molecule has 1 unspecified atom stereocenters. The van der Waals surface area contributed by atoms with Gasteiger partial charge in [0.05, 0.1) is 47.7 Å². The average molecular weight is 1380 g/mol. The number of benzene rings is 2. The van der Waals surface area contributed by atoms with Gasteiger partial charge in [0, 0.05) is 81.5 Å². The predicted octanol–water partition coefficient (Wildman–Crippen LogP) is 8.86. The van der Waals surface area contributed by atoms with Crippen molar-refractivity contribution < 1.29 is 71.9 Å². The van der Waals surface area contributed by atoms with Crippen molar-refractivity contribution in [1.82, 2.24) is 15.5 Å². The van der Waals surface area contributed by atoms with Gasteiger partial charge in [0.1, 0.15) is 41.3 Å². The molecule has 3 aliphatic rings. The number of nitrogens with one attached hydrogen (secondary N) is 2. The molecule has 11 atom stereocenters. The number of ether oxygens (including phenoxy) is 5. The van der Waals surface area contributed by atoms with Gasteiger partial charge in [0.2, 0.25) is 11.8 Å². The van der Waals surface area contributed by atoms with E-state index in [9.17, 15) is 48.3 Å². The van der Waals surface area contributed by atoms with Gasteiger partial charge in [-0.1, -0.05) is 100 Å². The third-order valence-corrected chi connectivity index (χ3v) is 19.3. The molecule has 20 nitrogen and oxygen atoms in total. The molecular weight excluding hydrogens is 1290 g/mol. The molecule has 0 aromatic heterocycles. The lowest BCUT2D eigenvalue weighted by Crippen LogP contribution is -2.53. The number of esters is 3. The Morgan fingerprint density at radius 1 is 0.966 bits per heavy atom. The highest BCUT2D eigenvalue weighted by molar-refractivity contribution is 9.09. The molecule has 0 saturated carbocycles. The van der Waals surface area contributed by atoms with Crippen molar-refractivity contribution >= 4 is 102 Å². The number of ketones is 2. The number of methoxy groups -OCH3 is 1. The van der Waals surface area contributed by atoms with Gasteiger partial charge in [0.15, 0.2) is 5.78 Å². The number of hydrogen-bond acceptors (Lipinski definition) is 15. The van der Waals surface area contributed by atoms with Gasteiger partial charge in [-0.3, -0.25) is 33.6 Å². The summed E-state index contributed by atoms with van der Waals surface area (Å²) in [6.45, 7) is 16.1. The number of epoxide rings is 1. The Morgan fingerprint density at radius 3 is 2.30 bits per heavy atom. The van der Waals surface area contributed by atoms with Crippen LogP contribution < -0.4 is 21.3 Å². The highest BCUT2D eigenvalue weighted by atomic mass is 79.9. The van der Waals surface area contributed by atoms with Crippen molar-refractivity contribution in [1.29, 1.82) is 0 Å². The van der Waals surface area contributed by atoms with Gasteiger partial charge >= 0.3 is 23.9 Å². The van der Waals surface area contributed by atoms with E-state index < -0.39 is 95.2 Å². The van der Waals surface area contributed by atoms with Gasteiger partial charge in [-0.15, -0.1) is 0 Å². The summed E-state index contributed by atoms with van der Waals surface area (Å²) in [6, 6.07) is 5.57. The van der Waals surface area contributed by atoms with E-state index in [0.29, 0.717) is 64.6 Å². The smallest absolute Gasteiger partial charge is 0.328 e. The van der Waals surface area contributed by atoms with Crippen molar-refractivity contribution in [3.63, 3.8) is 0 Å². The number of nitrogens with zero attached hydrogens (tertiary/aromatic N) is 2. The van der Waals surface area contributed by atoms with Crippen molar-refractivity contribution in [2.45, 2.75) is 193 Å². The largest absolute Gasteiger partial charge is 0.462 e. The van der Waals surface area contributed by atoms with Gasteiger partial charge in [-0.2, -0.15) is 0 Å². The van der Waals surface area contributed by atoms with E-state index in [1.807, 2.05) is 52.8 Å². The number of amides is 5. The number of alkyl halides is 2. The van der Waals surface area contributed by atoms with E-state index in [-0.39, 0.29) is 92.5 Å². The lowest BCUT2D eigenvalue weighted by Gasteiger charge is -2.41. The van der Waals surface area contributed by atoms with Crippen molar-refractivity contribution in [2.75, 3.05) is 43.3 Å². The first-order valence-corrected chi connectivity index (χ1v) is 32.8. The minimum absolute atomic E-state index is 0.000162. The van der Waals surface area contributed by atoms with Crippen LogP contribution in [0.15, 0.2) is 54.1 Å². The third kappa shape index (κ3) is 19.7. The molecule has 3 heterocycles. The third-order valence-electron chi connectivity index (χ3n) is 17.3. The first-order chi connectivity index (χ1) is 41.4. The second-order valence-electron chi connectivity index (χ2n) is 24.6. The lowest BCUT2D eigenvalue weighted by atomic mass is 9.78. The Kier molecular flexibility index (Phi) is 27.4. The number of nitrogens with two attached hydrogens (primary N) is 1. The highest BCUT2D eigenvalue weighted by Gasteiger charge is 2.64. The van der Waals surface area contributed by atoms with Crippen LogP contribution in [0, 0.1) is 37.5 Å². The average Bonchev–Trinajstić information content (AvgIpc) is 2.39. The Labute approximate surface area is 539 Å². The molecule has 0 radical (unpaired) electrons. The van der Waals surface area contributed by atoms with Crippen LogP contribution in [0.2, 0.25) is 5.02 Å². The van der Waals surface area contributed by atoms with Gasteiger partial charge in [-0.25, -0.2) is 9.59 Å². The minimum atomic E-state index is -1.64. The molecule has 3 aliphatic heterocycles. The number of Topliss-reactive ketones (excluding diaryl/α,β-unsaturated/α-hetero) is 2. The number of aryl methyl sites for hydroxylation is 2. The Bertz CT molecular complexity index is 2940. The molecule has 486 valence electrons. The maximum atomic E-state index is 14.5. The number of anilines is 1. The predicted molar refractivity (Wildman–Crippen MR) is 341 cm³/mol. The maximum Gasteiger partial charge on any atom is 0.328 e. The van der Waals surface area contributed by atoms with Crippen molar-refractivity contribution in [3.8, 4) is 0 Å². The van der Waals surface area contributed by atoms with E-state index in [0.717, 1.165) is 16.7 Å². The minimum Gasteiger partial charge on any atom is -0.462 e. The number of carbonyl (C=O) groups is 9. The summed E-state index contributed by atoms with van der Waals surface area (Å²) in [4.78, 5) is 124. The van der Waals surface area contributed by atoms with E-state index >= 15 is 0 Å². The maximum absolute atomic E-state index is 14.5. The number of likely N-dealkylation sites (N-methyl/N-ethyl adjacent to an activating group) is 1. The zero-order valence-electron chi connectivity index (χ0n) is 52.8. The van der Waals surface area contributed by atoms with Gasteiger partial charge < -0.3 is 55.0 Å². The first kappa shape index (κ1) is 73.2. The summed E-state index contributed by atoms with van der Waals surface area (Å²) in [7, 11) is 4.48. The first-order valence-electron chi connectivity index (χ1n) is 30.2. The number of carbonyl (C=O) groups excluding carboxylic acids is 9. The number of urea groups is 1. The topological polar surface area (TPSA) is 280 Å². The number of halogens is 3. The summed E-state index contributed by atoms with van der Waals surface area (Å²) in [5.74, 6) is -5.57. The highest BCUT2D eigenvalue weighted by Crippen LogP contribution is 2.50. The second kappa shape index (κ2) is 33.0. The molecule has 4 bridgehead atoms. The number of fused-ring (bicyclic) bond motifs is 5. The molecule has 5 rings (SSSR count).